The molecule has 2 aromatic carbocycles. The van der Waals surface area contributed by atoms with Crippen LogP contribution in [0.25, 0.3) is 0 Å². The van der Waals surface area contributed by atoms with Crippen molar-refractivity contribution >= 4 is 27.1 Å². The maximum absolute atomic E-state index is 12.5. The third kappa shape index (κ3) is 3.05. The number of nitrogens with two attached hydrogens (primary N) is 1. The number of ether oxygens (including phenoxy) is 1. The monoisotopic (exact) mass is 311 g/mol. The van der Waals surface area contributed by atoms with Crippen LogP contribution >= 0.6 is 11.6 Å². The van der Waals surface area contributed by atoms with E-state index >= 15 is 0 Å². The number of methoxy groups -OCH3 is 1. The molecule has 0 saturated heterocycles. The second kappa shape index (κ2) is 5.73. The highest BCUT2D eigenvalue weighted by atomic mass is 35.5. The van der Waals surface area contributed by atoms with Gasteiger partial charge in [0.05, 0.1) is 12.9 Å². The van der Waals surface area contributed by atoms with Crippen molar-refractivity contribution in [2.24, 2.45) is 0 Å². The minimum absolute atomic E-state index is 0.140. The van der Waals surface area contributed by atoms with Gasteiger partial charge < -0.3 is 10.5 Å². The molecule has 2 aromatic rings. The summed E-state index contributed by atoms with van der Waals surface area (Å²) < 4.78 is 30.0. The standard InChI is InChI=1S/C14H14ClNO3S/c1-19-13-4-2-3-5-14(13)20(17,18)9-10-8-11(16)6-7-12(10)15/h2-8H,9,16H2,1H3. The molecule has 0 aliphatic rings. The van der Waals surface area contributed by atoms with E-state index in [-0.39, 0.29) is 10.6 Å². The Hall–Kier alpha value is -1.72. The average molecular weight is 312 g/mol. The predicted molar refractivity (Wildman–Crippen MR) is 79.7 cm³/mol. The van der Waals surface area contributed by atoms with Gasteiger partial charge in [0.25, 0.3) is 0 Å². The van der Waals surface area contributed by atoms with Crippen LogP contribution in [0, 0.1) is 0 Å². The first-order valence-corrected chi connectivity index (χ1v) is 7.87. The van der Waals surface area contributed by atoms with Crippen molar-refractivity contribution in [3.63, 3.8) is 0 Å². The van der Waals surface area contributed by atoms with Gasteiger partial charge >= 0.3 is 0 Å². The van der Waals surface area contributed by atoms with E-state index in [0.717, 1.165) is 0 Å². The quantitative estimate of drug-likeness (QED) is 0.881. The van der Waals surface area contributed by atoms with Gasteiger partial charge in [0, 0.05) is 10.7 Å². The summed E-state index contributed by atoms with van der Waals surface area (Å²) in [5.41, 5.74) is 6.60. The Morgan fingerprint density at radius 2 is 1.90 bits per heavy atom. The largest absolute Gasteiger partial charge is 0.495 e. The number of benzene rings is 2. The van der Waals surface area contributed by atoms with E-state index in [0.29, 0.717) is 22.0 Å². The molecule has 2 rings (SSSR count). The highest BCUT2D eigenvalue weighted by Gasteiger charge is 2.21. The number of sulfone groups is 1. The molecule has 0 aromatic heterocycles. The van der Waals surface area contributed by atoms with Gasteiger partial charge in [-0.05, 0) is 35.9 Å². The molecule has 4 nitrogen and oxygen atoms in total. The van der Waals surface area contributed by atoms with E-state index in [1.807, 2.05) is 0 Å². The Morgan fingerprint density at radius 3 is 2.60 bits per heavy atom. The molecule has 106 valence electrons. The molecule has 2 N–H and O–H groups in total. The molecule has 20 heavy (non-hydrogen) atoms. The van der Waals surface area contributed by atoms with Crippen LogP contribution in [0.5, 0.6) is 5.75 Å². The SMILES string of the molecule is COc1ccccc1S(=O)(=O)Cc1cc(N)ccc1Cl. The van der Waals surface area contributed by atoms with E-state index in [1.165, 1.54) is 13.2 Å². The van der Waals surface area contributed by atoms with Crippen LogP contribution in [-0.4, -0.2) is 15.5 Å². The molecular formula is C14H14ClNO3S. The van der Waals surface area contributed by atoms with Crippen LogP contribution in [0.4, 0.5) is 5.69 Å². The van der Waals surface area contributed by atoms with Crippen molar-refractivity contribution in [1.82, 2.24) is 0 Å². The molecular weight excluding hydrogens is 298 g/mol. The van der Waals surface area contributed by atoms with Crippen LogP contribution < -0.4 is 10.5 Å². The third-order valence-corrected chi connectivity index (χ3v) is 4.89. The van der Waals surface area contributed by atoms with Crippen molar-refractivity contribution in [3.8, 4) is 5.75 Å². The first-order chi connectivity index (χ1) is 9.44. The first kappa shape index (κ1) is 14.7. The lowest BCUT2D eigenvalue weighted by atomic mass is 10.2. The van der Waals surface area contributed by atoms with E-state index in [9.17, 15) is 8.42 Å². The minimum atomic E-state index is -3.56. The van der Waals surface area contributed by atoms with Crippen molar-refractivity contribution in [2.75, 3.05) is 12.8 Å². The van der Waals surface area contributed by atoms with E-state index in [1.54, 1.807) is 36.4 Å². The maximum Gasteiger partial charge on any atom is 0.186 e. The van der Waals surface area contributed by atoms with Crippen molar-refractivity contribution in [2.45, 2.75) is 10.6 Å². The molecule has 0 heterocycles. The van der Waals surface area contributed by atoms with Gasteiger partial charge in [-0.25, -0.2) is 8.42 Å². The number of hydrogen-bond donors (Lipinski definition) is 1. The highest BCUT2D eigenvalue weighted by molar-refractivity contribution is 7.90. The van der Waals surface area contributed by atoms with Crippen molar-refractivity contribution in [3.05, 3.63) is 53.1 Å². The molecule has 0 aliphatic heterocycles. The number of para-hydroxylation sites is 1. The maximum atomic E-state index is 12.5. The van der Waals surface area contributed by atoms with Crippen LogP contribution in [0.1, 0.15) is 5.56 Å². The van der Waals surface area contributed by atoms with E-state index < -0.39 is 9.84 Å². The van der Waals surface area contributed by atoms with E-state index in [4.69, 9.17) is 22.1 Å². The summed E-state index contributed by atoms with van der Waals surface area (Å²) in [5, 5.41) is 0.373. The van der Waals surface area contributed by atoms with Gasteiger partial charge in [0.15, 0.2) is 9.84 Å². The number of anilines is 1. The summed E-state index contributed by atoms with van der Waals surface area (Å²) in [7, 11) is -2.13. The topological polar surface area (TPSA) is 69.4 Å². The summed E-state index contributed by atoms with van der Waals surface area (Å²) in [6.45, 7) is 0. The Morgan fingerprint density at radius 1 is 1.20 bits per heavy atom. The average Bonchev–Trinajstić information content (AvgIpc) is 2.42. The van der Waals surface area contributed by atoms with Gasteiger partial charge in [-0.3, -0.25) is 0 Å². The summed E-state index contributed by atoms with van der Waals surface area (Å²) in [6, 6.07) is 11.3. The normalized spacial score (nSPS) is 11.3. The lowest BCUT2D eigenvalue weighted by molar-refractivity contribution is 0.402. The lowest BCUT2D eigenvalue weighted by Gasteiger charge is -2.10. The molecule has 0 radical (unpaired) electrons. The van der Waals surface area contributed by atoms with Crippen LogP contribution in [0.2, 0.25) is 5.02 Å². The van der Waals surface area contributed by atoms with Crippen molar-refractivity contribution < 1.29 is 13.2 Å². The molecule has 0 fully saturated rings. The fourth-order valence-electron chi connectivity index (χ4n) is 1.86. The number of rotatable bonds is 4. The molecule has 0 atom stereocenters. The Kier molecular flexibility index (Phi) is 4.20. The third-order valence-electron chi connectivity index (χ3n) is 2.82. The van der Waals surface area contributed by atoms with Crippen LogP contribution in [0.15, 0.2) is 47.4 Å². The van der Waals surface area contributed by atoms with Gasteiger partial charge in [0.1, 0.15) is 10.6 Å². The van der Waals surface area contributed by atoms with E-state index in [2.05, 4.69) is 0 Å². The lowest BCUT2D eigenvalue weighted by Crippen LogP contribution is -2.07. The Labute approximate surface area is 123 Å². The molecule has 0 saturated carbocycles. The molecule has 0 bridgehead atoms. The Bertz CT molecular complexity index is 729. The number of hydrogen-bond acceptors (Lipinski definition) is 4. The molecule has 0 unspecified atom stereocenters. The molecule has 0 aliphatic carbocycles. The van der Waals surface area contributed by atoms with Gasteiger partial charge in [0.2, 0.25) is 0 Å². The fraction of sp³-hybridized carbons (Fsp3) is 0.143. The zero-order valence-corrected chi connectivity index (χ0v) is 12.4. The van der Waals surface area contributed by atoms with Gasteiger partial charge in [-0.15, -0.1) is 0 Å². The predicted octanol–water partition coefficient (Wildman–Crippen LogP) is 2.90. The van der Waals surface area contributed by atoms with Crippen LogP contribution in [0.3, 0.4) is 0 Å². The van der Waals surface area contributed by atoms with Gasteiger partial charge in [-0.1, -0.05) is 23.7 Å². The number of nitrogen functional groups attached to an aromatic ring is 1. The second-order valence-corrected chi connectivity index (χ2v) is 6.63. The van der Waals surface area contributed by atoms with Gasteiger partial charge in [-0.2, -0.15) is 0 Å². The zero-order chi connectivity index (χ0) is 14.8. The van der Waals surface area contributed by atoms with Crippen LogP contribution in [-0.2, 0) is 15.6 Å². The summed E-state index contributed by atoms with van der Waals surface area (Å²) >= 11 is 6.01. The number of halogens is 1. The smallest absolute Gasteiger partial charge is 0.186 e. The van der Waals surface area contributed by atoms with Crippen molar-refractivity contribution in [1.29, 1.82) is 0 Å². The molecule has 0 spiro atoms. The molecule has 6 heteroatoms. The minimum Gasteiger partial charge on any atom is -0.495 e. The molecule has 0 amide bonds. The summed E-state index contributed by atoms with van der Waals surface area (Å²) in [6.07, 6.45) is 0. The summed E-state index contributed by atoms with van der Waals surface area (Å²) in [5.74, 6) is 0.0876. The Balaban J connectivity index is 2.43. The zero-order valence-electron chi connectivity index (χ0n) is 10.8. The fourth-order valence-corrected chi connectivity index (χ4v) is 3.67. The second-order valence-electron chi connectivity index (χ2n) is 4.26. The summed E-state index contributed by atoms with van der Waals surface area (Å²) in [4.78, 5) is 0.140. The highest BCUT2D eigenvalue weighted by Crippen LogP contribution is 2.29. The first-order valence-electron chi connectivity index (χ1n) is 5.84.